The molecule has 0 spiro atoms. The Balaban J connectivity index is 1.42. The minimum atomic E-state index is 0.964. The zero-order valence-electron chi connectivity index (χ0n) is 18.9. The van der Waals surface area contributed by atoms with Gasteiger partial charge in [-0.15, -0.1) is 0 Å². The second kappa shape index (κ2) is 8.10. The number of halogens is 1. The Bertz CT molecular complexity index is 1820. The van der Waals surface area contributed by atoms with Crippen molar-refractivity contribution in [2.75, 3.05) is 0 Å². The minimum Gasteiger partial charge on any atom is -0.259 e. The SMILES string of the molecule is Brc1ccc2nc(-c3ccc(-c4ccc5ccc6c(c5n4)N=CCC6)c4ccccc34)ccc2c1. The van der Waals surface area contributed by atoms with Crippen LogP contribution in [0.15, 0.2) is 100 Å². The molecule has 0 atom stereocenters. The van der Waals surface area contributed by atoms with Crippen LogP contribution in [0.4, 0.5) is 5.69 Å². The highest BCUT2D eigenvalue weighted by molar-refractivity contribution is 9.10. The van der Waals surface area contributed by atoms with Crippen LogP contribution in [0.25, 0.3) is 55.1 Å². The zero-order chi connectivity index (χ0) is 23.4. The third-order valence-corrected chi connectivity index (χ3v) is 7.30. The molecular formula is C31H20BrN3. The van der Waals surface area contributed by atoms with Crippen LogP contribution < -0.4 is 0 Å². The quantitative estimate of drug-likeness (QED) is 0.232. The fraction of sp³-hybridized carbons (Fsp3) is 0.0645. The van der Waals surface area contributed by atoms with Gasteiger partial charge in [-0.05, 0) is 59.5 Å². The van der Waals surface area contributed by atoms with Crippen molar-refractivity contribution in [2.45, 2.75) is 12.8 Å². The number of hydrogen-bond donors (Lipinski definition) is 0. The fourth-order valence-corrected chi connectivity index (χ4v) is 5.46. The summed E-state index contributed by atoms with van der Waals surface area (Å²) in [5, 5.41) is 4.58. The summed E-state index contributed by atoms with van der Waals surface area (Å²) in [5.41, 5.74) is 8.43. The van der Waals surface area contributed by atoms with Crippen LogP contribution in [0.2, 0.25) is 0 Å². The predicted molar refractivity (Wildman–Crippen MR) is 150 cm³/mol. The number of benzene rings is 4. The Morgan fingerprint density at radius 2 is 1.37 bits per heavy atom. The molecule has 0 saturated heterocycles. The van der Waals surface area contributed by atoms with Crippen LogP contribution in [-0.4, -0.2) is 16.2 Å². The monoisotopic (exact) mass is 513 g/mol. The van der Waals surface area contributed by atoms with Crippen molar-refractivity contribution in [3.63, 3.8) is 0 Å². The number of aryl methyl sites for hydroxylation is 1. The summed E-state index contributed by atoms with van der Waals surface area (Å²) >= 11 is 3.55. The molecule has 0 N–H and O–H groups in total. The number of aromatic nitrogens is 2. The number of aliphatic imine (C=N–C) groups is 1. The van der Waals surface area contributed by atoms with E-state index < -0.39 is 0 Å². The molecule has 4 aromatic carbocycles. The average molecular weight is 514 g/mol. The van der Waals surface area contributed by atoms with Gasteiger partial charge in [0.05, 0.1) is 28.1 Å². The molecule has 3 nitrogen and oxygen atoms in total. The van der Waals surface area contributed by atoms with Crippen molar-refractivity contribution in [1.82, 2.24) is 9.97 Å². The molecule has 4 heteroatoms. The average Bonchev–Trinajstić information content (AvgIpc) is 2.92. The number of nitrogens with zero attached hydrogens (tertiary/aromatic N) is 3. The first-order valence-electron chi connectivity index (χ1n) is 11.8. The van der Waals surface area contributed by atoms with Gasteiger partial charge in [0.15, 0.2) is 0 Å². The number of fused-ring (bicyclic) bond motifs is 5. The topological polar surface area (TPSA) is 38.1 Å². The lowest BCUT2D eigenvalue weighted by Crippen LogP contribution is -1.96. The second-order valence-electron chi connectivity index (χ2n) is 8.93. The van der Waals surface area contributed by atoms with Crippen molar-refractivity contribution >= 4 is 60.4 Å². The first kappa shape index (κ1) is 20.5. The molecular weight excluding hydrogens is 494 g/mol. The Morgan fingerprint density at radius 3 is 2.17 bits per heavy atom. The summed E-state index contributed by atoms with van der Waals surface area (Å²) in [7, 11) is 0. The molecule has 1 aliphatic heterocycles. The summed E-state index contributed by atoms with van der Waals surface area (Å²) < 4.78 is 1.06. The summed E-state index contributed by atoms with van der Waals surface area (Å²) in [6.07, 6.45) is 4.02. The Morgan fingerprint density at radius 1 is 0.657 bits per heavy atom. The molecule has 0 fully saturated rings. The molecule has 166 valence electrons. The lowest BCUT2D eigenvalue weighted by Gasteiger charge is -2.14. The first-order valence-corrected chi connectivity index (χ1v) is 12.6. The standard InChI is InChI=1S/C31H20BrN3/c32-22-11-16-27-21(18-22)10-15-28(34-27)25-12-13-26(24-6-2-1-5-23(24)25)29-14-9-20-8-7-19-4-3-17-33-30(19)31(20)35-29/h1-2,5-18H,3-4H2. The van der Waals surface area contributed by atoms with E-state index in [0.717, 1.165) is 67.3 Å². The molecule has 0 radical (unpaired) electrons. The van der Waals surface area contributed by atoms with Gasteiger partial charge in [0.25, 0.3) is 0 Å². The van der Waals surface area contributed by atoms with E-state index >= 15 is 0 Å². The predicted octanol–water partition coefficient (Wildman–Crippen LogP) is 8.68. The van der Waals surface area contributed by atoms with Gasteiger partial charge in [-0.3, -0.25) is 4.99 Å². The zero-order valence-corrected chi connectivity index (χ0v) is 20.5. The number of pyridine rings is 2. The van der Waals surface area contributed by atoms with E-state index in [1.807, 2.05) is 12.3 Å². The molecule has 0 bridgehead atoms. The summed E-state index contributed by atoms with van der Waals surface area (Å²) in [4.78, 5) is 14.8. The van der Waals surface area contributed by atoms with E-state index in [0.29, 0.717) is 0 Å². The fourth-order valence-electron chi connectivity index (χ4n) is 5.08. The van der Waals surface area contributed by atoms with Crippen LogP contribution >= 0.6 is 15.9 Å². The van der Waals surface area contributed by atoms with Crippen molar-refractivity contribution in [3.8, 4) is 22.5 Å². The van der Waals surface area contributed by atoms with Crippen molar-refractivity contribution in [2.24, 2.45) is 4.99 Å². The maximum Gasteiger partial charge on any atom is 0.0968 e. The number of hydrogen-bond acceptors (Lipinski definition) is 3. The lowest BCUT2D eigenvalue weighted by molar-refractivity contribution is 1.03. The van der Waals surface area contributed by atoms with Crippen molar-refractivity contribution in [1.29, 1.82) is 0 Å². The summed E-state index contributed by atoms with van der Waals surface area (Å²) in [6.45, 7) is 0. The smallest absolute Gasteiger partial charge is 0.0968 e. The van der Waals surface area contributed by atoms with E-state index in [1.165, 1.54) is 16.3 Å². The Kier molecular flexibility index (Phi) is 4.74. The third kappa shape index (κ3) is 3.44. The van der Waals surface area contributed by atoms with E-state index in [2.05, 4.69) is 101 Å². The van der Waals surface area contributed by atoms with Gasteiger partial charge >= 0.3 is 0 Å². The van der Waals surface area contributed by atoms with Gasteiger partial charge in [0.1, 0.15) is 0 Å². The highest BCUT2D eigenvalue weighted by Crippen LogP contribution is 2.37. The summed E-state index contributed by atoms with van der Waals surface area (Å²) in [6, 6.07) is 32.0. The van der Waals surface area contributed by atoms with E-state index in [4.69, 9.17) is 15.0 Å². The normalized spacial score (nSPS) is 12.9. The molecule has 0 unspecified atom stereocenters. The first-order chi connectivity index (χ1) is 17.2. The Labute approximate surface area is 211 Å². The van der Waals surface area contributed by atoms with Gasteiger partial charge in [-0.25, -0.2) is 9.97 Å². The van der Waals surface area contributed by atoms with Crippen LogP contribution in [-0.2, 0) is 6.42 Å². The van der Waals surface area contributed by atoms with Crippen molar-refractivity contribution in [3.05, 3.63) is 101 Å². The van der Waals surface area contributed by atoms with Crippen molar-refractivity contribution < 1.29 is 0 Å². The number of rotatable bonds is 2. The third-order valence-electron chi connectivity index (χ3n) is 6.81. The highest BCUT2D eigenvalue weighted by atomic mass is 79.9. The second-order valence-corrected chi connectivity index (χ2v) is 9.85. The summed E-state index contributed by atoms with van der Waals surface area (Å²) in [5.74, 6) is 0. The molecule has 3 heterocycles. The minimum absolute atomic E-state index is 0.964. The van der Waals surface area contributed by atoms with Gasteiger partial charge in [0, 0.05) is 32.6 Å². The molecule has 1 aliphatic rings. The Hall–Kier alpha value is -3.89. The molecule has 7 rings (SSSR count). The van der Waals surface area contributed by atoms with Gasteiger partial charge in [-0.1, -0.05) is 76.6 Å². The van der Waals surface area contributed by atoms with Gasteiger partial charge < -0.3 is 0 Å². The van der Waals surface area contributed by atoms with Crippen LogP contribution in [0.1, 0.15) is 12.0 Å². The van der Waals surface area contributed by atoms with Crippen LogP contribution in [0.3, 0.4) is 0 Å². The lowest BCUT2D eigenvalue weighted by atomic mass is 9.95. The van der Waals surface area contributed by atoms with E-state index in [-0.39, 0.29) is 0 Å². The molecule has 35 heavy (non-hydrogen) atoms. The molecule has 6 aromatic rings. The highest BCUT2D eigenvalue weighted by Gasteiger charge is 2.15. The largest absolute Gasteiger partial charge is 0.259 e. The molecule has 0 saturated carbocycles. The van der Waals surface area contributed by atoms with E-state index in [9.17, 15) is 0 Å². The molecule has 0 amide bonds. The van der Waals surface area contributed by atoms with Gasteiger partial charge in [-0.2, -0.15) is 0 Å². The maximum atomic E-state index is 5.13. The molecule has 2 aromatic heterocycles. The van der Waals surface area contributed by atoms with Crippen LogP contribution in [0, 0.1) is 0 Å². The van der Waals surface area contributed by atoms with Crippen LogP contribution in [0.5, 0.6) is 0 Å². The van der Waals surface area contributed by atoms with E-state index in [1.54, 1.807) is 0 Å². The van der Waals surface area contributed by atoms with Gasteiger partial charge in [0.2, 0.25) is 0 Å². The molecule has 0 aliphatic carbocycles. The maximum absolute atomic E-state index is 5.13.